The standard InChI is InChI=1S/C13H24N4OS2/c1-13(8-9-13)16(20-4)14-10-7-12(18)15(2)17(3,19)11-5-6-11/h10-11H,5-9H2,1-4H3. The first kappa shape index (κ1) is 16.0. The molecule has 0 N–H and O–H groups in total. The van der Waals surface area contributed by atoms with E-state index in [1.54, 1.807) is 30.2 Å². The van der Waals surface area contributed by atoms with E-state index in [2.05, 4.69) is 12.0 Å². The molecule has 5 nitrogen and oxygen atoms in total. The molecule has 0 bridgehead atoms. The van der Waals surface area contributed by atoms with Gasteiger partial charge < -0.3 is 16.8 Å². The van der Waals surface area contributed by atoms with E-state index in [1.165, 1.54) is 12.8 Å². The van der Waals surface area contributed by atoms with E-state index < -0.39 is 0 Å². The first-order valence-electron chi connectivity index (χ1n) is 7.02. The second kappa shape index (κ2) is 5.77. The smallest absolute Gasteiger partial charge is 0.271 e. The molecule has 0 saturated heterocycles. The van der Waals surface area contributed by atoms with Gasteiger partial charge in [0.05, 0.1) is 32.1 Å². The van der Waals surface area contributed by atoms with Crippen LogP contribution >= 0.6 is 11.9 Å². The zero-order valence-corrected chi connectivity index (χ0v) is 14.3. The maximum atomic E-state index is 12.2. The maximum absolute atomic E-state index is 12.2. The van der Waals surface area contributed by atoms with E-state index in [0.717, 1.165) is 12.8 Å². The Hall–Kier alpha value is -0.400. The summed E-state index contributed by atoms with van der Waals surface area (Å²) >= 11 is 7.11. The highest BCUT2D eigenvalue weighted by Gasteiger charge is 2.43. The fourth-order valence-electron chi connectivity index (χ4n) is 2.12. The number of amides is 1. The molecule has 0 aromatic heterocycles. The summed E-state index contributed by atoms with van der Waals surface area (Å²) in [5, 5.41) is 6.08. The Labute approximate surface area is 131 Å². The van der Waals surface area contributed by atoms with Crippen molar-refractivity contribution in [1.29, 1.82) is 0 Å². The van der Waals surface area contributed by atoms with Crippen LogP contribution in [0.2, 0.25) is 0 Å². The van der Waals surface area contributed by atoms with Crippen LogP contribution in [0.4, 0.5) is 0 Å². The molecule has 7 heteroatoms. The van der Waals surface area contributed by atoms with E-state index in [0.29, 0.717) is 12.5 Å². The van der Waals surface area contributed by atoms with Crippen LogP contribution in [0.5, 0.6) is 0 Å². The van der Waals surface area contributed by atoms with E-state index >= 15 is 0 Å². The summed E-state index contributed by atoms with van der Waals surface area (Å²) < 4.78 is 2.25. The first-order valence-corrected chi connectivity index (χ1v) is 8.57. The average Bonchev–Trinajstić information content (AvgIpc) is 3.27. The number of quaternary nitrogens is 1. The topological polar surface area (TPSA) is 35.9 Å². The molecule has 0 spiro atoms. The minimum atomic E-state index is 0.0279. The van der Waals surface area contributed by atoms with E-state index in [9.17, 15) is 4.79 Å². The largest absolute Gasteiger partial charge is 0.463 e. The molecule has 2 aliphatic rings. The Morgan fingerprint density at radius 1 is 1.55 bits per heavy atom. The summed E-state index contributed by atoms with van der Waals surface area (Å²) in [6, 6.07) is 0.420. The molecule has 1 amide bonds. The zero-order chi connectivity index (χ0) is 15.0. The highest BCUT2D eigenvalue weighted by Crippen LogP contribution is 2.44. The van der Waals surface area contributed by atoms with E-state index in [1.807, 2.05) is 17.7 Å². The molecule has 2 fully saturated rings. The summed E-state index contributed by atoms with van der Waals surface area (Å²) in [6.45, 7) is 2.19. The van der Waals surface area contributed by atoms with Crippen molar-refractivity contribution >= 4 is 36.9 Å². The Morgan fingerprint density at radius 3 is 2.60 bits per heavy atom. The van der Waals surface area contributed by atoms with Crippen LogP contribution in [0.15, 0.2) is 5.10 Å². The van der Waals surface area contributed by atoms with Gasteiger partial charge in [-0.25, -0.2) is 9.42 Å². The van der Waals surface area contributed by atoms with Crippen LogP contribution in [-0.2, 0) is 17.6 Å². The maximum Gasteiger partial charge on any atom is 0.271 e. The Bertz CT molecular complexity index is 405. The normalized spacial score (nSPS) is 23.4. The molecule has 0 heterocycles. The third-order valence-electron chi connectivity index (χ3n) is 4.24. The van der Waals surface area contributed by atoms with Crippen LogP contribution in [0, 0.1) is 0 Å². The van der Waals surface area contributed by atoms with Crippen LogP contribution in [0.1, 0.15) is 39.0 Å². The number of hydrogen-bond donors (Lipinski definition) is 0. The number of rotatable bonds is 7. The fourth-order valence-corrected chi connectivity index (χ4v) is 3.21. The predicted molar refractivity (Wildman–Crippen MR) is 85.4 cm³/mol. The zero-order valence-electron chi connectivity index (χ0n) is 12.7. The number of carbonyl (C=O) groups is 1. The summed E-state index contributed by atoms with van der Waals surface area (Å²) in [7, 11) is 3.71. The lowest BCUT2D eigenvalue weighted by molar-refractivity contribution is -0.892. The number of hydrazone groups is 1. The molecule has 1 unspecified atom stereocenters. The van der Waals surface area contributed by atoms with Gasteiger partial charge in [-0.2, -0.15) is 5.10 Å². The quantitative estimate of drug-likeness (QED) is 0.236. The van der Waals surface area contributed by atoms with Crippen LogP contribution in [-0.4, -0.2) is 57.5 Å². The van der Waals surface area contributed by atoms with Crippen molar-refractivity contribution in [3.05, 3.63) is 0 Å². The monoisotopic (exact) mass is 316 g/mol. The van der Waals surface area contributed by atoms with Gasteiger partial charge in [0, 0.05) is 25.3 Å². The molecule has 2 aliphatic carbocycles. The summed E-state index contributed by atoms with van der Waals surface area (Å²) in [6.07, 6.45) is 8.60. The van der Waals surface area contributed by atoms with Gasteiger partial charge in [-0.05, 0) is 31.7 Å². The van der Waals surface area contributed by atoms with Gasteiger partial charge in [0.1, 0.15) is 0 Å². The third kappa shape index (κ3) is 3.43. The molecule has 0 aliphatic heterocycles. The van der Waals surface area contributed by atoms with Crippen molar-refractivity contribution in [2.75, 3.05) is 20.4 Å². The molecule has 0 aromatic carbocycles. The van der Waals surface area contributed by atoms with Crippen molar-refractivity contribution < 1.29 is 8.79 Å². The fraction of sp³-hybridized carbons (Fsp3) is 0.846. The second-order valence-corrected chi connectivity index (χ2v) is 7.50. The molecule has 0 radical (unpaired) electrons. The summed E-state index contributed by atoms with van der Waals surface area (Å²) in [5.74, 6) is 0.0279. The molecule has 1 atom stereocenters. The van der Waals surface area contributed by atoms with Crippen LogP contribution in [0.25, 0.3) is 0 Å². The van der Waals surface area contributed by atoms with Crippen LogP contribution in [0.3, 0.4) is 0 Å². The molecule has 20 heavy (non-hydrogen) atoms. The molecular formula is C13H24N4OS2. The number of nitrogens with zero attached hydrogens (tertiary/aromatic N) is 4. The van der Waals surface area contributed by atoms with Gasteiger partial charge in [0.2, 0.25) is 0 Å². The summed E-state index contributed by atoms with van der Waals surface area (Å²) in [4.78, 5) is 12.2. The Kier molecular flexibility index (Phi) is 4.61. The van der Waals surface area contributed by atoms with Crippen LogP contribution < -0.4 is 0 Å². The first-order chi connectivity index (χ1) is 9.31. The highest BCUT2D eigenvalue weighted by molar-refractivity contribution is 7.96. The van der Waals surface area contributed by atoms with Crippen molar-refractivity contribution in [1.82, 2.24) is 9.42 Å². The van der Waals surface area contributed by atoms with Gasteiger partial charge >= 0.3 is 0 Å². The average molecular weight is 316 g/mol. The third-order valence-corrected chi connectivity index (χ3v) is 5.67. The van der Waals surface area contributed by atoms with Crippen molar-refractivity contribution in [2.24, 2.45) is 5.10 Å². The van der Waals surface area contributed by atoms with Gasteiger partial charge in [0.15, 0.2) is 0 Å². The van der Waals surface area contributed by atoms with Gasteiger partial charge in [0.25, 0.3) is 5.91 Å². The lowest BCUT2D eigenvalue weighted by atomic mass is 10.3. The number of carbonyl (C=O) groups excluding carboxylic acids is 1. The van der Waals surface area contributed by atoms with Gasteiger partial charge in [-0.1, -0.05) is 0 Å². The Morgan fingerprint density at radius 2 is 2.15 bits per heavy atom. The lowest BCUT2D eigenvalue weighted by Crippen LogP contribution is -2.55. The molecular weight excluding hydrogens is 292 g/mol. The van der Waals surface area contributed by atoms with Crippen molar-refractivity contribution in [2.45, 2.75) is 50.6 Å². The summed E-state index contributed by atoms with van der Waals surface area (Å²) in [5.41, 5.74) is 0.182. The molecule has 114 valence electrons. The molecule has 0 aromatic rings. The molecule has 2 saturated carbocycles. The minimum absolute atomic E-state index is 0.0279. The van der Waals surface area contributed by atoms with Gasteiger partial charge in [-0.3, -0.25) is 4.79 Å². The minimum Gasteiger partial charge on any atom is -0.463 e. The van der Waals surface area contributed by atoms with Crippen molar-refractivity contribution in [3.63, 3.8) is 0 Å². The highest BCUT2D eigenvalue weighted by atomic mass is 32.2. The van der Waals surface area contributed by atoms with E-state index in [4.69, 9.17) is 12.8 Å². The van der Waals surface area contributed by atoms with Crippen molar-refractivity contribution in [3.8, 4) is 0 Å². The SMILES string of the molecule is CSN(N=CCC(=O)N(C)[N+](C)([S-])C1CC1)C1(C)CC1. The van der Waals surface area contributed by atoms with Gasteiger partial charge in [-0.15, -0.1) is 0 Å². The second-order valence-electron chi connectivity index (χ2n) is 6.05. The number of hydrogen-bond acceptors (Lipinski definition) is 5. The predicted octanol–water partition coefficient (Wildman–Crippen LogP) is 1.94. The molecule has 2 rings (SSSR count). The Balaban J connectivity index is 1.85. The van der Waals surface area contributed by atoms with E-state index in [-0.39, 0.29) is 15.4 Å². The lowest BCUT2D eigenvalue weighted by Gasteiger charge is -2.46.